The first kappa shape index (κ1) is 17.5. The highest BCUT2D eigenvalue weighted by atomic mass is 28.4. The first-order chi connectivity index (χ1) is 10.2. The lowest BCUT2D eigenvalue weighted by Crippen LogP contribution is -2.48. The quantitative estimate of drug-likeness (QED) is 0.665. The summed E-state index contributed by atoms with van der Waals surface area (Å²) in [6.07, 6.45) is 2.80. The average Bonchev–Trinajstić information content (AvgIpc) is 2.37. The van der Waals surface area contributed by atoms with Crippen LogP contribution in [0.1, 0.15) is 39.2 Å². The van der Waals surface area contributed by atoms with Gasteiger partial charge in [0.25, 0.3) is 0 Å². The molecular formula is C18H32N2OSi. The van der Waals surface area contributed by atoms with Gasteiger partial charge in [-0.2, -0.15) is 0 Å². The first-order valence-corrected chi connectivity index (χ1v) is 11.3. The third-order valence-corrected chi connectivity index (χ3v) is 9.62. The molecule has 124 valence electrons. The Morgan fingerprint density at radius 3 is 2.68 bits per heavy atom. The number of benzene rings is 1. The van der Waals surface area contributed by atoms with Crippen LogP contribution in [0.3, 0.4) is 0 Å². The van der Waals surface area contributed by atoms with Gasteiger partial charge in [0.15, 0.2) is 8.32 Å². The van der Waals surface area contributed by atoms with E-state index in [1.54, 1.807) is 0 Å². The van der Waals surface area contributed by atoms with E-state index in [0.29, 0.717) is 6.10 Å². The van der Waals surface area contributed by atoms with Gasteiger partial charge >= 0.3 is 0 Å². The maximum atomic E-state index is 6.61. The van der Waals surface area contributed by atoms with Crippen molar-refractivity contribution in [3.05, 3.63) is 29.8 Å². The van der Waals surface area contributed by atoms with Gasteiger partial charge < -0.3 is 10.2 Å². The fourth-order valence-corrected chi connectivity index (χ4v) is 4.18. The van der Waals surface area contributed by atoms with E-state index in [1.807, 2.05) is 12.1 Å². The third kappa shape index (κ3) is 4.57. The van der Waals surface area contributed by atoms with Crippen molar-refractivity contribution in [3.63, 3.8) is 0 Å². The minimum Gasteiger partial charge on any atom is -0.413 e. The van der Waals surface area contributed by atoms with Crippen LogP contribution >= 0.6 is 0 Å². The zero-order valence-electron chi connectivity index (χ0n) is 14.9. The minimum atomic E-state index is -1.67. The summed E-state index contributed by atoms with van der Waals surface area (Å²) in [6.45, 7) is 14.8. The van der Waals surface area contributed by atoms with Crippen molar-refractivity contribution in [1.82, 2.24) is 4.90 Å². The Morgan fingerprint density at radius 2 is 2.05 bits per heavy atom. The number of nitrogen functional groups attached to an aromatic ring is 1. The van der Waals surface area contributed by atoms with Crippen LogP contribution in [0.4, 0.5) is 5.69 Å². The van der Waals surface area contributed by atoms with E-state index in [1.165, 1.54) is 18.4 Å². The Hall–Kier alpha value is -0.843. The Labute approximate surface area is 137 Å². The molecule has 1 unspecified atom stereocenters. The van der Waals surface area contributed by atoms with Gasteiger partial charge in [-0.25, -0.2) is 0 Å². The lowest BCUT2D eigenvalue weighted by atomic mass is 10.1. The van der Waals surface area contributed by atoms with E-state index in [4.69, 9.17) is 10.2 Å². The monoisotopic (exact) mass is 320 g/mol. The fraction of sp³-hybridized carbons (Fsp3) is 0.667. The van der Waals surface area contributed by atoms with Gasteiger partial charge in [0.1, 0.15) is 0 Å². The molecule has 22 heavy (non-hydrogen) atoms. The van der Waals surface area contributed by atoms with Gasteiger partial charge in [-0.05, 0) is 55.2 Å². The Morgan fingerprint density at radius 1 is 1.32 bits per heavy atom. The molecule has 4 heteroatoms. The molecule has 1 aromatic rings. The molecule has 0 saturated carbocycles. The van der Waals surface area contributed by atoms with Crippen molar-refractivity contribution >= 4 is 14.0 Å². The standard InChI is InChI=1S/C18H32N2OSi/c1-18(2,3)22(4,5)21-17-10-7-11-20(14-17)13-15-8-6-9-16(19)12-15/h6,8-9,12,17H,7,10-11,13-14,19H2,1-5H3. The second kappa shape index (κ2) is 6.73. The van der Waals surface area contributed by atoms with Crippen LogP contribution < -0.4 is 5.73 Å². The van der Waals surface area contributed by atoms with E-state index >= 15 is 0 Å². The molecule has 0 bridgehead atoms. The molecular weight excluding hydrogens is 288 g/mol. The lowest BCUT2D eigenvalue weighted by Gasteiger charge is -2.42. The highest BCUT2D eigenvalue weighted by Gasteiger charge is 2.39. The Kier molecular flexibility index (Phi) is 5.36. The van der Waals surface area contributed by atoms with E-state index in [-0.39, 0.29) is 5.04 Å². The average molecular weight is 321 g/mol. The molecule has 1 aliphatic heterocycles. The van der Waals surface area contributed by atoms with Gasteiger partial charge in [0, 0.05) is 18.8 Å². The maximum Gasteiger partial charge on any atom is 0.192 e. The van der Waals surface area contributed by atoms with Gasteiger partial charge in [-0.15, -0.1) is 0 Å². The molecule has 1 atom stereocenters. The van der Waals surface area contributed by atoms with Crippen LogP contribution in [0, 0.1) is 0 Å². The smallest absolute Gasteiger partial charge is 0.192 e. The second-order valence-corrected chi connectivity index (χ2v) is 12.9. The summed E-state index contributed by atoms with van der Waals surface area (Å²) in [4.78, 5) is 2.51. The number of piperidine rings is 1. The topological polar surface area (TPSA) is 38.5 Å². The van der Waals surface area contributed by atoms with Crippen LogP contribution in [-0.2, 0) is 11.0 Å². The van der Waals surface area contributed by atoms with Gasteiger partial charge in [-0.1, -0.05) is 32.9 Å². The highest BCUT2D eigenvalue weighted by molar-refractivity contribution is 6.74. The minimum absolute atomic E-state index is 0.281. The molecule has 0 aliphatic carbocycles. The zero-order valence-corrected chi connectivity index (χ0v) is 15.9. The summed E-state index contributed by atoms with van der Waals surface area (Å²) in [7, 11) is -1.67. The van der Waals surface area contributed by atoms with Crippen molar-refractivity contribution in [1.29, 1.82) is 0 Å². The van der Waals surface area contributed by atoms with Gasteiger partial charge in [0.05, 0.1) is 6.10 Å². The summed E-state index contributed by atoms with van der Waals surface area (Å²) in [6, 6.07) is 8.23. The van der Waals surface area contributed by atoms with Crippen molar-refractivity contribution < 1.29 is 4.43 Å². The Bertz CT molecular complexity index is 496. The third-order valence-electron chi connectivity index (χ3n) is 5.09. The highest BCUT2D eigenvalue weighted by Crippen LogP contribution is 2.38. The second-order valence-electron chi connectivity index (χ2n) is 8.12. The molecule has 0 spiro atoms. The van der Waals surface area contributed by atoms with Gasteiger partial charge in [-0.3, -0.25) is 4.90 Å². The van der Waals surface area contributed by atoms with Crippen LogP contribution in [-0.4, -0.2) is 32.4 Å². The molecule has 1 fully saturated rings. The predicted octanol–water partition coefficient (Wildman–Crippen LogP) is 4.26. The van der Waals surface area contributed by atoms with Crippen molar-refractivity contribution in [2.24, 2.45) is 0 Å². The number of rotatable bonds is 4. The molecule has 1 aliphatic rings. The van der Waals surface area contributed by atoms with Crippen molar-refractivity contribution in [2.75, 3.05) is 18.8 Å². The zero-order chi connectivity index (χ0) is 16.4. The van der Waals surface area contributed by atoms with Gasteiger partial charge in [0.2, 0.25) is 0 Å². The summed E-state index contributed by atoms with van der Waals surface area (Å²) in [5, 5.41) is 0.281. The van der Waals surface area contributed by atoms with E-state index in [0.717, 1.165) is 25.3 Å². The number of hydrogen-bond acceptors (Lipinski definition) is 3. The normalized spacial score (nSPS) is 21.0. The molecule has 0 amide bonds. The first-order valence-electron chi connectivity index (χ1n) is 8.42. The molecule has 2 rings (SSSR count). The summed E-state index contributed by atoms with van der Waals surface area (Å²) >= 11 is 0. The Balaban J connectivity index is 1.95. The molecule has 0 radical (unpaired) electrons. The van der Waals surface area contributed by atoms with Crippen molar-refractivity contribution in [2.45, 2.75) is 64.4 Å². The summed E-state index contributed by atoms with van der Waals surface area (Å²) in [5.41, 5.74) is 8.03. The number of anilines is 1. The van der Waals surface area contributed by atoms with Crippen LogP contribution in [0.15, 0.2) is 24.3 Å². The lowest BCUT2D eigenvalue weighted by molar-refractivity contribution is 0.0741. The number of hydrogen-bond donors (Lipinski definition) is 1. The van der Waals surface area contributed by atoms with Crippen molar-refractivity contribution in [3.8, 4) is 0 Å². The largest absolute Gasteiger partial charge is 0.413 e. The maximum absolute atomic E-state index is 6.61. The van der Waals surface area contributed by atoms with Crippen LogP contribution in [0.2, 0.25) is 18.1 Å². The predicted molar refractivity (Wildman–Crippen MR) is 97.4 cm³/mol. The van der Waals surface area contributed by atoms with E-state index < -0.39 is 8.32 Å². The van der Waals surface area contributed by atoms with E-state index in [2.05, 4.69) is 50.9 Å². The number of nitrogens with zero attached hydrogens (tertiary/aromatic N) is 1. The molecule has 0 aromatic heterocycles. The molecule has 1 heterocycles. The summed E-state index contributed by atoms with van der Waals surface area (Å²) in [5.74, 6) is 0. The van der Waals surface area contributed by atoms with Crippen LogP contribution in [0.25, 0.3) is 0 Å². The molecule has 2 N–H and O–H groups in total. The summed E-state index contributed by atoms with van der Waals surface area (Å²) < 4.78 is 6.61. The SMILES string of the molecule is CC(C)(C)[Si](C)(C)OC1CCCN(Cc2cccc(N)c2)C1. The molecule has 3 nitrogen and oxygen atoms in total. The number of nitrogens with two attached hydrogens (primary N) is 1. The number of likely N-dealkylation sites (tertiary alicyclic amines) is 1. The molecule has 1 saturated heterocycles. The molecule has 1 aromatic carbocycles. The van der Waals surface area contributed by atoms with E-state index in [9.17, 15) is 0 Å². The fourth-order valence-electron chi connectivity index (χ4n) is 2.80. The van der Waals surface area contributed by atoms with Crippen LogP contribution in [0.5, 0.6) is 0 Å².